The SMILES string of the molecule is CCCc1cc(NC(C)CC(C)N)n2ncnc2n1. The van der Waals surface area contributed by atoms with Crippen LogP contribution in [-0.2, 0) is 6.42 Å². The monoisotopic (exact) mass is 262 g/mol. The van der Waals surface area contributed by atoms with E-state index in [4.69, 9.17) is 5.73 Å². The molecule has 0 aliphatic carbocycles. The maximum atomic E-state index is 5.83. The zero-order chi connectivity index (χ0) is 13.8. The molecule has 0 aliphatic heterocycles. The lowest BCUT2D eigenvalue weighted by Gasteiger charge is -2.18. The lowest BCUT2D eigenvalue weighted by atomic mass is 10.1. The van der Waals surface area contributed by atoms with Gasteiger partial charge in [0.05, 0.1) is 0 Å². The van der Waals surface area contributed by atoms with Gasteiger partial charge in [-0.05, 0) is 26.7 Å². The molecule has 0 amide bonds. The largest absolute Gasteiger partial charge is 0.367 e. The molecule has 2 atom stereocenters. The number of aromatic nitrogens is 4. The van der Waals surface area contributed by atoms with Crippen molar-refractivity contribution >= 4 is 11.6 Å². The summed E-state index contributed by atoms with van der Waals surface area (Å²) < 4.78 is 1.73. The van der Waals surface area contributed by atoms with Crippen molar-refractivity contribution in [2.24, 2.45) is 5.73 Å². The van der Waals surface area contributed by atoms with Crippen LogP contribution in [0.15, 0.2) is 12.4 Å². The van der Waals surface area contributed by atoms with Gasteiger partial charge in [0.1, 0.15) is 12.1 Å². The van der Waals surface area contributed by atoms with Gasteiger partial charge in [-0.3, -0.25) is 0 Å². The van der Waals surface area contributed by atoms with E-state index in [9.17, 15) is 0 Å². The zero-order valence-electron chi connectivity index (χ0n) is 11.8. The molecule has 2 rings (SSSR count). The molecule has 0 saturated carbocycles. The van der Waals surface area contributed by atoms with Crippen LogP contribution in [0.25, 0.3) is 5.78 Å². The molecule has 2 heterocycles. The van der Waals surface area contributed by atoms with Crippen molar-refractivity contribution in [2.45, 2.75) is 52.1 Å². The second-order valence-corrected chi connectivity index (χ2v) is 5.11. The normalized spacial score (nSPS) is 14.5. The Hall–Kier alpha value is -1.69. The Kier molecular flexibility index (Phi) is 4.31. The highest BCUT2D eigenvalue weighted by atomic mass is 15.4. The van der Waals surface area contributed by atoms with Gasteiger partial charge < -0.3 is 11.1 Å². The standard InChI is InChI=1S/C13H22N6/c1-4-5-11-7-12(17-10(3)6-9(2)14)19-13(18-11)15-8-16-19/h7-10,17H,4-6,14H2,1-3H3. The molecule has 6 nitrogen and oxygen atoms in total. The Labute approximate surface area is 113 Å². The minimum absolute atomic E-state index is 0.172. The summed E-state index contributed by atoms with van der Waals surface area (Å²) in [6.07, 6.45) is 4.44. The molecule has 0 saturated heterocycles. The van der Waals surface area contributed by atoms with E-state index in [2.05, 4.69) is 34.2 Å². The molecule has 0 aromatic carbocycles. The van der Waals surface area contributed by atoms with E-state index in [1.165, 1.54) is 6.33 Å². The Morgan fingerprint density at radius 3 is 2.89 bits per heavy atom. The minimum atomic E-state index is 0.172. The second kappa shape index (κ2) is 5.97. The molecule has 0 radical (unpaired) electrons. The van der Waals surface area contributed by atoms with Crippen molar-refractivity contribution in [1.82, 2.24) is 19.6 Å². The number of anilines is 1. The molecule has 19 heavy (non-hydrogen) atoms. The first-order valence-corrected chi connectivity index (χ1v) is 6.82. The predicted octanol–water partition coefficient (Wildman–Crippen LogP) is 1.61. The fraction of sp³-hybridized carbons (Fsp3) is 0.615. The molecule has 2 aromatic rings. The van der Waals surface area contributed by atoms with E-state index >= 15 is 0 Å². The number of nitrogens with zero attached hydrogens (tertiary/aromatic N) is 4. The molecular weight excluding hydrogens is 240 g/mol. The average molecular weight is 262 g/mol. The maximum absolute atomic E-state index is 5.83. The van der Waals surface area contributed by atoms with Crippen LogP contribution in [-0.4, -0.2) is 31.7 Å². The van der Waals surface area contributed by atoms with Crippen LogP contribution in [0.4, 0.5) is 5.82 Å². The molecule has 2 aromatic heterocycles. The fourth-order valence-corrected chi connectivity index (χ4v) is 2.22. The van der Waals surface area contributed by atoms with Gasteiger partial charge in [0, 0.05) is 23.8 Å². The van der Waals surface area contributed by atoms with E-state index in [1.807, 2.05) is 13.0 Å². The lowest BCUT2D eigenvalue weighted by Crippen LogP contribution is -2.27. The van der Waals surface area contributed by atoms with E-state index in [0.29, 0.717) is 5.78 Å². The summed E-state index contributed by atoms with van der Waals surface area (Å²) in [7, 11) is 0. The molecule has 0 aliphatic rings. The Balaban J connectivity index is 2.26. The first kappa shape index (κ1) is 13.7. The van der Waals surface area contributed by atoms with Gasteiger partial charge >= 0.3 is 0 Å². The third-order valence-corrected chi connectivity index (χ3v) is 2.93. The Bertz CT molecular complexity index is 533. The number of hydrogen-bond donors (Lipinski definition) is 2. The van der Waals surface area contributed by atoms with E-state index in [-0.39, 0.29) is 12.1 Å². The van der Waals surface area contributed by atoms with Gasteiger partial charge in [-0.2, -0.15) is 14.6 Å². The molecule has 0 bridgehead atoms. The first-order valence-electron chi connectivity index (χ1n) is 6.82. The third kappa shape index (κ3) is 3.41. The summed E-state index contributed by atoms with van der Waals surface area (Å²) in [6.45, 7) is 6.27. The van der Waals surface area contributed by atoms with Crippen molar-refractivity contribution < 1.29 is 0 Å². The molecular formula is C13H22N6. The molecule has 6 heteroatoms. The number of rotatable bonds is 6. The summed E-state index contributed by atoms with van der Waals surface area (Å²) >= 11 is 0. The minimum Gasteiger partial charge on any atom is -0.367 e. The van der Waals surface area contributed by atoms with Crippen LogP contribution in [0.3, 0.4) is 0 Å². The van der Waals surface area contributed by atoms with Gasteiger partial charge in [0.15, 0.2) is 0 Å². The molecule has 3 N–H and O–H groups in total. The van der Waals surface area contributed by atoms with Crippen LogP contribution in [0.5, 0.6) is 0 Å². The van der Waals surface area contributed by atoms with Crippen molar-refractivity contribution in [3.8, 4) is 0 Å². The second-order valence-electron chi connectivity index (χ2n) is 5.11. The van der Waals surface area contributed by atoms with Crippen molar-refractivity contribution in [3.63, 3.8) is 0 Å². The van der Waals surface area contributed by atoms with Gasteiger partial charge in [0.25, 0.3) is 5.78 Å². The zero-order valence-corrected chi connectivity index (χ0v) is 11.8. The highest BCUT2D eigenvalue weighted by molar-refractivity contribution is 5.45. The molecule has 2 unspecified atom stereocenters. The summed E-state index contributed by atoms with van der Waals surface area (Å²) in [4.78, 5) is 8.65. The van der Waals surface area contributed by atoms with E-state index in [0.717, 1.165) is 30.8 Å². The summed E-state index contributed by atoms with van der Waals surface area (Å²) in [5, 5.41) is 7.64. The first-order chi connectivity index (χ1) is 9.10. The van der Waals surface area contributed by atoms with Gasteiger partial charge in [0.2, 0.25) is 0 Å². The van der Waals surface area contributed by atoms with Gasteiger partial charge in [-0.1, -0.05) is 13.3 Å². The smallest absolute Gasteiger partial charge is 0.254 e. The highest BCUT2D eigenvalue weighted by Gasteiger charge is 2.11. The number of nitrogens with two attached hydrogens (primary N) is 1. The highest BCUT2D eigenvalue weighted by Crippen LogP contribution is 2.14. The summed E-state index contributed by atoms with van der Waals surface area (Å²) in [5.74, 6) is 1.57. The number of fused-ring (bicyclic) bond motifs is 1. The van der Waals surface area contributed by atoms with Crippen LogP contribution >= 0.6 is 0 Å². The van der Waals surface area contributed by atoms with Crippen LogP contribution in [0.2, 0.25) is 0 Å². The van der Waals surface area contributed by atoms with E-state index < -0.39 is 0 Å². The van der Waals surface area contributed by atoms with Crippen molar-refractivity contribution in [1.29, 1.82) is 0 Å². The van der Waals surface area contributed by atoms with Crippen LogP contribution in [0.1, 0.15) is 39.3 Å². The van der Waals surface area contributed by atoms with Gasteiger partial charge in [-0.25, -0.2) is 4.98 Å². The fourth-order valence-electron chi connectivity index (χ4n) is 2.22. The van der Waals surface area contributed by atoms with E-state index in [1.54, 1.807) is 4.52 Å². The molecule has 104 valence electrons. The quantitative estimate of drug-likeness (QED) is 0.826. The Morgan fingerprint density at radius 2 is 2.21 bits per heavy atom. The van der Waals surface area contributed by atoms with Gasteiger partial charge in [-0.15, -0.1) is 0 Å². The molecule has 0 fully saturated rings. The number of aryl methyl sites for hydroxylation is 1. The average Bonchev–Trinajstić information content (AvgIpc) is 2.76. The topological polar surface area (TPSA) is 81.1 Å². The van der Waals surface area contributed by atoms with Crippen molar-refractivity contribution in [2.75, 3.05) is 5.32 Å². The van der Waals surface area contributed by atoms with Crippen molar-refractivity contribution in [3.05, 3.63) is 18.1 Å². The molecule has 0 spiro atoms. The summed E-state index contributed by atoms with van der Waals surface area (Å²) in [6, 6.07) is 2.50. The predicted molar refractivity (Wildman–Crippen MR) is 76.1 cm³/mol. The summed E-state index contributed by atoms with van der Waals surface area (Å²) in [5.41, 5.74) is 6.87. The third-order valence-electron chi connectivity index (χ3n) is 2.93. The maximum Gasteiger partial charge on any atom is 0.254 e. The van der Waals surface area contributed by atoms with Crippen LogP contribution < -0.4 is 11.1 Å². The van der Waals surface area contributed by atoms with Crippen LogP contribution in [0, 0.1) is 0 Å². The number of nitrogens with one attached hydrogen (secondary N) is 1. The lowest BCUT2D eigenvalue weighted by molar-refractivity contribution is 0.601. The number of hydrogen-bond acceptors (Lipinski definition) is 5. The Morgan fingerprint density at radius 1 is 1.42 bits per heavy atom.